The van der Waals surface area contributed by atoms with E-state index in [4.69, 9.17) is 0 Å². The molecule has 2 aliphatic heterocycles. The largest absolute Gasteiger partial charge is 0.343 e. The van der Waals surface area contributed by atoms with E-state index in [0.717, 1.165) is 37.4 Å². The SMILES string of the molecule is CC(C)(CC(=O)N1CCCC1)CC1CC1N1CCC(C(C)(C)C)CC1. The van der Waals surface area contributed by atoms with E-state index in [1.807, 2.05) is 0 Å². The average Bonchev–Trinajstić information content (AvgIpc) is 3.04. The third-order valence-corrected chi connectivity index (χ3v) is 7.01. The van der Waals surface area contributed by atoms with Crippen molar-refractivity contribution < 1.29 is 4.79 Å². The minimum absolute atomic E-state index is 0.156. The van der Waals surface area contributed by atoms with Crippen molar-refractivity contribution >= 4 is 5.91 Å². The number of carbonyl (C=O) groups excluding carboxylic acids is 1. The Hall–Kier alpha value is -0.570. The number of amides is 1. The summed E-state index contributed by atoms with van der Waals surface area (Å²) in [6.07, 6.45) is 8.44. The molecule has 2 saturated heterocycles. The van der Waals surface area contributed by atoms with Crippen molar-refractivity contribution in [2.45, 2.75) is 85.6 Å². The van der Waals surface area contributed by atoms with Gasteiger partial charge in [-0.3, -0.25) is 4.79 Å². The van der Waals surface area contributed by atoms with Crippen LogP contribution in [0.4, 0.5) is 0 Å². The molecule has 25 heavy (non-hydrogen) atoms. The lowest BCUT2D eigenvalue weighted by atomic mass is 9.75. The molecule has 1 saturated carbocycles. The number of carbonyl (C=O) groups is 1. The van der Waals surface area contributed by atoms with Crippen LogP contribution in [0.15, 0.2) is 0 Å². The first-order chi connectivity index (χ1) is 11.7. The molecule has 1 aliphatic carbocycles. The van der Waals surface area contributed by atoms with Gasteiger partial charge in [0.2, 0.25) is 5.91 Å². The Labute approximate surface area is 155 Å². The van der Waals surface area contributed by atoms with Crippen molar-refractivity contribution in [2.75, 3.05) is 26.2 Å². The molecule has 3 rings (SSSR count). The number of piperidine rings is 1. The van der Waals surface area contributed by atoms with Crippen LogP contribution in [0.5, 0.6) is 0 Å². The Morgan fingerprint density at radius 3 is 2.12 bits per heavy atom. The molecule has 0 N–H and O–H groups in total. The molecule has 0 radical (unpaired) electrons. The molecule has 3 nitrogen and oxygen atoms in total. The first-order valence-electron chi connectivity index (χ1n) is 10.7. The molecule has 1 amide bonds. The fraction of sp³-hybridized carbons (Fsp3) is 0.955. The summed E-state index contributed by atoms with van der Waals surface area (Å²) < 4.78 is 0. The number of hydrogen-bond donors (Lipinski definition) is 0. The molecule has 2 atom stereocenters. The molecule has 0 bridgehead atoms. The Balaban J connectivity index is 1.42. The van der Waals surface area contributed by atoms with Crippen molar-refractivity contribution in [3.05, 3.63) is 0 Å². The fourth-order valence-electron chi connectivity index (χ4n) is 5.26. The highest BCUT2D eigenvalue weighted by Crippen LogP contribution is 2.47. The lowest BCUT2D eigenvalue weighted by Crippen LogP contribution is -2.40. The van der Waals surface area contributed by atoms with E-state index in [0.29, 0.717) is 11.3 Å². The number of nitrogens with zero attached hydrogens (tertiary/aromatic N) is 2. The highest BCUT2D eigenvalue weighted by atomic mass is 16.2. The summed E-state index contributed by atoms with van der Waals surface area (Å²) in [5.74, 6) is 2.11. The van der Waals surface area contributed by atoms with Crippen LogP contribution in [0.1, 0.15) is 79.6 Å². The van der Waals surface area contributed by atoms with Gasteiger partial charge in [-0.25, -0.2) is 0 Å². The van der Waals surface area contributed by atoms with E-state index >= 15 is 0 Å². The summed E-state index contributed by atoms with van der Waals surface area (Å²) in [6.45, 7) is 16.4. The molecule has 3 heteroatoms. The molecule has 0 aromatic carbocycles. The highest BCUT2D eigenvalue weighted by Gasteiger charge is 2.46. The molecule has 0 aromatic heterocycles. The third kappa shape index (κ3) is 4.99. The van der Waals surface area contributed by atoms with E-state index < -0.39 is 0 Å². The summed E-state index contributed by atoms with van der Waals surface area (Å²) in [4.78, 5) is 17.3. The van der Waals surface area contributed by atoms with Gasteiger partial charge in [0.25, 0.3) is 0 Å². The van der Waals surface area contributed by atoms with Gasteiger partial charge in [0.1, 0.15) is 0 Å². The predicted octanol–water partition coefficient (Wildman–Crippen LogP) is 4.56. The van der Waals surface area contributed by atoms with E-state index in [1.54, 1.807) is 0 Å². The average molecular weight is 349 g/mol. The summed E-state index contributed by atoms with van der Waals surface area (Å²) >= 11 is 0. The smallest absolute Gasteiger partial charge is 0.223 e. The fourth-order valence-corrected chi connectivity index (χ4v) is 5.26. The van der Waals surface area contributed by atoms with E-state index in [-0.39, 0.29) is 5.41 Å². The summed E-state index contributed by atoms with van der Waals surface area (Å²) in [5, 5.41) is 0. The maximum absolute atomic E-state index is 12.5. The topological polar surface area (TPSA) is 23.6 Å². The summed E-state index contributed by atoms with van der Waals surface area (Å²) in [7, 11) is 0. The van der Waals surface area contributed by atoms with Gasteiger partial charge < -0.3 is 9.80 Å². The summed E-state index contributed by atoms with van der Waals surface area (Å²) in [6, 6.07) is 0.807. The van der Waals surface area contributed by atoms with Crippen LogP contribution < -0.4 is 0 Å². The minimum atomic E-state index is 0.156. The van der Waals surface area contributed by atoms with E-state index in [2.05, 4.69) is 44.4 Å². The zero-order valence-corrected chi connectivity index (χ0v) is 17.3. The van der Waals surface area contributed by atoms with Crippen molar-refractivity contribution in [3.8, 4) is 0 Å². The Morgan fingerprint density at radius 1 is 0.960 bits per heavy atom. The highest BCUT2D eigenvalue weighted by molar-refractivity contribution is 5.77. The van der Waals surface area contributed by atoms with Crippen molar-refractivity contribution in [1.29, 1.82) is 0 Å². The molecule has 144 valence electrons. The zero-order chi connectivity index (χ0) is 18.2. The number of hydrogen-bond acceptors (Lipinski definition) is 2. The van der Waals surface area contributed by atoms with Gasteiger partial charge in [0, 0.05) is 25.6 Å². The van der Waals surface area contributed by atoms with Gasteiger partial charge >= 0.3 is 0 Å². The van der Waals surface area contributed by atoms with Gasteiger partial charge in [-0.1, -0.05) is 34.6 Å². The summed E-state index contributed by atoms with van der Waals surface area (Å²) in [5.41, 5.74) is 0.621. The normalized spacial score (nSPS) is 29.2. The lowest BCUT2D eigenvalue weighted by molar-refractivity contribution is -0.132. The second kappa shape index (κ2) is 7.21. The van der Waals surface area contributed by atoms with Crippen molar-refractivity contribution in [1.82, 2.24) is 9.80 Å². The Morgan fingerprint density at radius 2 is 1.56 bits per heavy atom. The standard InChI is InChI=1S/C22H40N2O/c1-21(2,3)18-8-12-23(13-9-18)19-14-17(19)15-22(4,5)16-20(25)24-10-6-7-11-24/h17-19H,6-16H2,1-5H3. The van der Waals surface area contributed by atoms with Crippen LogP contribution in [-0.4, -0.2) is 47.9 Å². The van der Waals surface area contributed by atoms with Crippen LogP contribution in [0.25, 0.3) is 0 Å². The molecule has 2 heterocycles. The first-order valence-corrected chi connectivity index (χ1v) is 10.7. The second-order valence-corrected chi connectivity index (χ2v) is 10.9. The van der Waals surface area contributed by atoms with E-state index in [1.165, 1.54) is 51.6 Å². The Bertz CT molecular complexity index is 465. The van der Waals surface area contributed by atoms with Gasteiger partial charge in [-0.05, 0) is 74.3 Å². The molecule has 3 aliphatic rings. The number of likely N-dealkylation sites (tertiary alicyclic amines) is 2. The molecule has 0 aromatic rings. The van der Waals surface area contributed by atoms with Crippen LogP contribution in [0.3, 0.4) is 0 Å². The quantitative estimate of drug-likeness (QED) is 0.727. The molecule has 3 fully saturated rings. The maximum atomic E-state index is 12.5. The minimum Gasteiger partial charge on any atom is -0.343 e. The van der Waals surface area contributed by atoms with Gasteiger partial charge in [0.05, 0.1) is 0 Å². The molecular formula is C22H40N2O. The van der Waals surface area contributed by atoms with Gasteiger partial charge in [-0.2, -0.15) is 0 Å². The Kier molecular flexibility index (Phi) is 5.54. The molecule has 0 spiro atoms. The monoisotopic (exact) mass is 348 g/mol. The second-order valence-electron chi connectivity index (χ2n) is 10.9. The predicted molar refractivity (Wildman–Crippen MR) is 104 cm³/mol. The third-order valence-electron chi connectivity index (χ3n) is 7.01. The zero-order valence-electron chi connectivity index (χ0n) is 17.3. The van der Waals surface area contributed by atoms with Crippen molar-refractivity contribution in [3.63, 3.8) is 0 Å². The molecule has 2 unspecified atom stereocenters. The maximum Gasteiger partial charge on any atom is 0.223 e. The van der Waals surface area contributed by atoms with Gasteiger partial charge in [-0.15, -0.1) is 0 Å². The van der Waals surface area contributed by atoms with Crippen LogP contribution in [0.2, 0.25) is 0 Å². The molecular weight excluding hydrogens is 308 g/mol. The van der Waals surface area contributed by atoms with E-state index in [9.17, 15) is 4.79 Å². The number of rotatable bonds is 5. The van der Waals surface area contributed by atoms with Gasteiger partial charge in [0.15, 0.2) is 0 Å². The van der Waals surface area contributed by atoms with Crippen molar-refractivity contribution in [2.24, 2.45) is 22.7 Å². The first kappa shape index (κ1) is 19.2. The van der Waals surface area contributed by atoms with Crippen LogP contribution >= 0.6 is 0 Å². The van der Waals surface area contributed by atoms with Crippen LogP contribution in [0, 0.1) is 22.7 Å². The lowest BCUT2D eigenvalue weighted by Gasteiger charge is -2.39. The van der Waals surface area contributed by atoms with Crippen LogP contribution in [-0.2, 0) is 4.79 Å².